The van der Waals surface area contributed by atoms with Crippen LogP contribution in [0.5, 0.6) is 0 Å². The molecule has 1 aliphatic carbocycles. The summed E-state index contributed by atoms with van der Waals surface area (Å²) in [5, 5.41) is 19.3. The van der Waals surface area contributed by atoms with Crippen LogP contribution in [0, 0.1) is 0 Å². The third kappa shape index (κ3) is 4.97. The Kier molecular flexibility index (Phi) is 6.76. The van der Waals surface area contributed by atoms with Crippen molar-refractivity contribution in [1.82, 2.24) is 24.4 Å². The lowest BCUT2D eigenvalue weighted by Gasteiger charge is -2.42. The molecule has 5 rings (SSSR count). The van der Waals surface area contributed by atoms with Crippen molar-refractivity contribution in [2.45, 2.75) is 87.9 Å². The number of piperidine rings is 2. The van der Waals surface area contributed by atoms with Crippen molar-refractivity contribution in [3.8, 4) is 0 Å². The zero-order valence-electron chi connectivity index (χ0n) is 19.0. The first-order valence-electron chi connectivity index (χ1n) is 12.4. The molecule has 2 bridgehead atoms. The molecule has 1 aromatic heterocycles. The average molecular weight is 482 g/mol. The predicted octanol–water partition coefficient (Wildman–Crippen LogP) is 0.958. The van der Waals surface area contributed by atoms with Crippen LogP contribution in [0.2, 0.25) is 0 Å². The highest BCUT2D eigenvalue weighted by Gasteiger charge is 2.49. The Balaban J connectivity index is 1.16. The van der Waals surface area contributed by atoms with Crippen LogP contribution >= 0.6 is 0 Å². The summed E-state index contributed by atoms with van der Waals surface area (Å²) >= 11 is 0. The lowest BCUT2D eigenvalue weighted by atomic mass is 9.99. The monoisotopic (exact) mass is 481 g/mol. The number of nitrogens with zero attached hydrogens (tertiary/aromatic N) is 3. The predicted molar refractivity (Wildman–Crippen MR) is 121 cm³/mol. The Hall–Kier alpha value is -1.53. The molecule has 1 aromatic rings. The van der Waals surface area contributed by atoms with Gasteiger partial charge in [-0.25, -0.2) is 0 Å². The number of carbonyl (C=O) groups excluding carboxylic acids is 1. The normalized spacial score (nSPS) is 29.4. The van der Waals surface area contributed by atoms with E-state index in [-0.39, 0.29) is 30.6 Å². The minimum Gasteiger partial charge on any atom is -0.396 e. The standard InChI is InChI=1S/C22H35N5O5S/c28-11-1-8-23-16-6-9-26(10-7-16)33(30,31)27-18-4-5-19(27)13-17(12-18)24-22(29)20-14-21(32-25-20)15-2-3-15/h14-19,23,28H,1-13H2,(H,24,29)/t17-,18+,19-. The van der Waals surface area contributed by atoms with Gasteiger partial charge in [0.2, 0.25) is 0 Å². The Morgan fingerprint density at radius 2 is 1.79 bits per heavy atom. The third-order valence-electron chi connectivity index (χ3n) is 7.56. The van der Waals surface area contributed by atoms with Crippen LogP contribution in [0.3, 0.4) is 0 Å². The zero-order chi connectivity index (χ0) is 23.0. The second kappa shape index (κ2) is 9.61. The highest BCUT2D eigenvalue weighted by molar-refractivity contribution is 7.86. The van der Waals surface area contributed by atoms with Gasteiger partial charge in [-0.15, -0.1) is 0 Å². The Labute approximate surface area is 195 Å². The smallest absolute Gasteiger partial charge is 0.282 e. The van der Waals surface area contributed by atoms with E-state index in [1.165, 1.54) is 0 Å². The molecule has 0 unspecified atom stereocenters. The average Bonchev–Trinajstić information content (AvgIpc) is 3.46. The Bertz CT molecular complexity index is 927. The van der Waals surface area contributed by atoms with E-state index in [2.05, 4.69) is 15.8 Å². The van der Waals surface area contributed by atoms with Crippen LogP contribution in [0.25, 0.3) is 0 Å². The molecular formula is C22H35N5O5S. The lowest BCUT2D eigenvalue weighted by Crippen LogP contribution is -2.57. The number of hydrogen-bond donors (Lipinski definition) is 3. The minimum absolute atomic E-state index is 0.0519. The second-order valence-corrected chi connectivity index (χ2v) is 11.8. The largest absolute Gasteiger partial charge is 0.396 e. The van der Waals surface area contributed by atoms with Gasteiger partial charge in [0, 0.05) is 55.8 Å². The molecule has 4 heterocycles. The third-order valence-corrected chi connectivity index (χ3v) is 9.70. The molecular weight excluding hydrogens is 446 g/mol. The van der Waals surface area contributed by atoms with E-state index < -0.39 is 10.2 Å². The summed E-state index contributed by atoms with van der Waals surface area (Å²) in [5.74, 6) is 0.959. The van der Waals surface area contributed by atoms with Gasteiger partial charge >= 0.3 is 0 Å². The van der Waals surface area contributed by atoms with Gasteiger partial charge in [0.05, 0.1) is 0 Å². The summed E-state index contributed by atoms with van der Waals surface area (Å²) in [7, 11) is -3.51. The van der Waals surface area contributed by atoms with E-state index >= 15 is 0 Å². The topological polar surface area (TPSA) is 128 Å². The van der Waals surface area contributed by atoms with E-state index in [1.54, 1.807) is 14.7 Å². The van der Waals surface area contributed by atoms with Crippen molar-refractivity contribution in [1.29, 1.82) is 0 Å². The molecule has 184 valence electrons. The van der Waals surface area contributed by atoms with E-state index in [0.717, 1.165) is 50.8 Å². The first-order chi connectivity index (χ1) is 16.0. The number of fused-ring (bicyclic) bond motifs is 2. The van der Waals surface area contributed by atoms with Gasteiger partial charge in [-0.05, 0) is 64.3 Å². The first-order valence-corrected chi connectivity index (χ1v) is 13.8. The molecule has 1 saturated carbocycles. The number of amides is 1. The van der Waals surface area contributed by atoms with Crippen molar-refractivity contribution in [3.05, 3.63) is 17.5 Å². The van der Waals surface area contributed by atoms with Crippen molar-refractivity contribution >= 4 is 16.1 Å². The molecule has 4 fully saturated rings. The van der Waals surface area contributed by atoms with Crippen molar-refractivity contribution < 1.29 is 22.8 Å². The lowest BCUT2D eigenvalue weighted by molar-refractivity contribution is 0.0897. The summed E-state index contributed by atoms with van der Waals surface area (Å²) in [5.41, 5.74) is 0.315. The molecule has 4 aliphatic rings. The highest BCUT2D eigenvalue weighted by atomic mass is 32.2. The number of nitrogens with one attached hydrogen (secondary N) is 2. The van der Waals surface area contributed by atoms with E-state index in [0.29, 0.717) is 50.0 Å². The highest BCUT2D eigenvalue weighted by Crippen LogP contribution is 2.41. The maximum absolute atomic E-state index is 13.5. The zero-order valence-corrected chi connectivity index (χ0v) is 19.8. The SMILES string of the molecule is O=C(N[C@H]1C[C@H]2CC[C@@H](C1)N2S(=O)(=O)N1CCC(NCCCO)CC1)c1cc(C2CC2)on1. The summed E-state index contributed by atoms with van der Waals surface area (Å²) in [6, 6.07) is 1.85. The minimum atomic E-state index is -3.51. The number of hydrogen-bond acceptors (Lipinski definition) is 7. The number of carbonyl (C=O) groups is 1. The van der Waals surface area contributed by atoms with E-state index in [1.807, 2.05) is 0 Å². The summed E-state index contributed by atoms with van der Waals surface area (Å²) in [6.45, 7) is 1.96. The van der Waals surface area contributed by atoms with Gasteiger partial charge in [-0.1, -0.05) is 5.16 Å². The van der Waals surface area contributed by atoms with Gasteiger partial charge in [0.25, 0.3) is 16.1 Å². The molecule has 0 radical (unpaired) electrons. The molecule has 0 spiro atoms. The first kappa shape index (κ1) is 23.2. The Morgan fingerprint density at radius 1 is 1.09 bits per heavy atom. The van der Waals surface area contributed by atoms with Crippen LogP contribution in [-0.4, -0.2) is 83.6 Å². The molecule has 11 heteroatoms. The fourth-order valence-corrected chi connectivity index (χ4v) is 7.73. The summed E-state index contributed by atoms with van der Waals surface area (Å²) in [6.07, 6.45) is 7.40. The van der Waals surface area contributed by atoms with Crippen LogP contribution in [0.15, 0.2) is 10.6 Å². The molecule has 3 saturated heterocycles. The van der Waals surface area contributed by atoms with Crippen LogP contribution < -0.4 is 10.6 Å². The summed E-state index contributed by atoms with van der Waals surface area (Å²) in [4.78, 5) is 12.7. The maximum Gasteiger partial charge on any atom is 0.282 e. The van der Waals surface area contributed by atoms with Gasteiger partial charge in [0.1, 0.15) is 5.76 Å². The van der Waals surface area contributed by atoms with Crippen molar-refractivity contribution in [2.24, 2.45) is 0 Å². The van der Waals surface area contributed by atoms with Crippen LogP contribution in [0.4, 0.5) is 0 Å². The second-order valence-electron chi connectivity index (χ2n) is 9.96. The molecule has 3 aliphatic heterocycles. The number of aliphatic hydroxyl groups excluding tert-OH is 1. The van der Waals surface area contributed by atoms with Gasteiger partial charge < -0.3 is 20.3 Å². The van der Waals surface area contributed by atoms with E-state index in [4.69, 9.17) is 9.63 Å². The van der Waals surface area contributed by atoms with Crippen molar-refractivity contribution in [3.63, 3.8) is 0 Å². The number of aliphatic hydroxyl groups is 1. The molecule has 1 amide bonds. The van der Waals surface area contributed by atoms with Crippen molar-refractivity contribution in [2.75, 3.05) is 26.2 Å². The molecule has 3 atom stereocenters. The van der Waals surface area contributed by atoms with Crippen LogP contribution in [-0.2, 0) is 10.2 Å². The van der Waals surface area contributed by atoms with Gasteiger partial charge in [0.15, 0.2) is 5.69 Å². The molecule has 3 N–H and O–H groups in total. The molecule has 10 nitrogen and oxygen atoms in total. The van der Waals surface area contributed by atoms with E-state index in [9.17, 15) is 13.2 Å². The van der Waals surface area contributed by atoms with Gasteiger partial charge in [-0.2, -0.15) is 17.0 Å². The fraction of sp³-hybridized carbons (Fsp3) is 0.818. The molecule has 33 heavy (non-hydrogen) atoms. The maximum atomic E-state index is 13.5. The molecule has 0 aromatic carbocycles. The van der Waals surface area contributed by atoms with Gasteiger partial charge in [-0.3, -0.25) is 4.79 Å². The fourth-order valence-electron chi connectivity index (χ4n) is 5.65. The number of aromatic nitrogens is 1. The summed E-state index contributed by atoms with van der Waals surface area (Å²) < 4.78 is 35.6. The number of rotatable bonds is 9. The quantitative estimate of drug-likeness (QED) is 0.448. The Morgan fingerprint density at radius 3 is 2.42 bits per heavy atom. The van der Waals surface area contributed by atoms with Crippen LogP contribution in [0.1, 0.15) is 80.0 Å².